The molecule has 76 valence electrons. The van der Waals surface area contributed by atoms with Crippen LogP contribution in [0.2, 0.25) is 0 Å². The van der Waals surface area contributed by atoms with Crippen LogP contribution in [0.25, 0.3) is 0 Å². The number of nitrogens with zero attached hydrogens (tertiary/aromatic N) is 3. The van der Waals surface area contributed by atoms with Crippen LogP contribution in [0.5, 0.6) is 0 Å². The van der Waals surface area contributed by atoms with Gasteiger partial charge in [0.25, 0.3) is 0 Å². The second-order valence-electron chi connectivity index (χ2n) is 3.14. The van der Waals surface area contributed by atoms with Crippen molar-refractivity contribution in [2.75, 3.05) is 11.9 Å². The highest BCUT2D eigenvalue weighted by Crippen LogP contribution is 2.11. The Morgan fingerprint density at radius 1 is 1.71 bits per heavy atom. The molecule has 0 radical (unpaired) electrons. The predicted molar refractivity (Wildman–Crippen MR) is 52.1 cm³/mol. The standard InChI is InChI=1S/C9H13N3O2/c1-7(6-9(13)14)12(2)8-4-3-5-10-11-8/h3-5,7H,6H2,1-2H3,(H,13,14). The molecule has 0 saturated carbocycles. The Bertz CT molecular complexity index is 302. The lowest BCUT2D eigenvalue weighted by atomic mass is 10.2. The van der Waals surface area contributed by atoms with E-state index in [1.54, 1.807) is 30.3 Å². The van der Waals surface area contributed by atoms with Crippen molar-refractivity contribution < 1.29 is 9.90 Å². The van der Waals surface area contributed by atoms with Crippen molar-refractivity contribution >= 4 is 11.8 Å². The zero-order chi connectivity index (χ0) is 10.6. The van der Waals surface area contributed by atoms with Crippen LogP contribution in [0.15, 0.2) is 18.3 Å². The molecule has 0 aliphatic rings. The summed E-state index contributed by atoms with van der Waals surface area (Å²) >= 11 is 0. The maximum absolute atomic E-state index is 10.5. The molecule has 0 saturated heterocycles. The van der Waals surface area contributed by atoms with E-state index >= 15 is 0 Å². The van der Waals surface area contributed by atoms with Crippen LogP contribution in [0, 0.1) is 0 Å². The van der Waals surface area contributed by atoms with E-state index in [9.17, 15) is 4.79 Å². The van der Waals surface area contributed by atoms with Gasteiger partial charge in [-0.1, -0.05) is 0 Å². The molecule has 5 heteroatoms. The number of aromatic nitrogens is 2. The molecule has 0 amide bonds. The summed E-state index contributed by atoms with van der Waals surface area (Å²) in [7, 11) is 1.80. The average Bonchev–Trinajstić information content (AvgIpc) is 2.17. The molecule has 0 spiro atoms. The first-order chi connectivity index (χ1) is 6.61. The Hall–Kier alpha value is -1.65. The Morgan fingerprint density at radius 2 is 2.43 bits per heavy atom. The molecule has 0 aliphatic heterocycles. The van der Waals surface area contributed by atoms with E-state index in [1.165, 1.54) is 0 Å². The second-order valence-corrected chi connectivity index (χ2v) is 3.14. The molecule has 1 heterocycles. The molecule has 1 N–H and O–H groups in total. The molecule has 1 atom stereocenters. The van der Waals surface area contributed by atoms with E-state index < -0.39 is 5.97 Å². The highest BCUT2D eigenvalue weighted by molar-refractivity contribution is 5.68. The van der Waals surface area contributed by atoms with Gasteiger partial charge in [0.15, 0.2) is 5.82 Å². The number of aliphatic carboxylic acids is 1. The summed E-state index contributed by atoms with van der Waals surface area (Å²) in [6.45, 7) is 1.84. The number of rotatable bonds is 4. The fourth-order valence-corrected chi connectivity index (χ4v) is 1.10. The first-order valence-corrected chi connectivity index (χ1v) is 4.33. The number of carboxylic acid groups (broad SMARTS) is 1. The van der Waals surface area contributed by atoms with E-state index in [-0.39, 0.29) is 12.5 Å². The van der Waals surface area contributed by atoms with E-state index in [2.05, 4.69) is 10.2 Å². The van der Waals surface area contributed by atoms with Gasteiger partial charge in [-0.25, -0.2) is 0 Å². The summed E-state index contributed by atoms with van der Waals surface area (Å²) in [4.78, 5) is 12.3. The van der Waals surface area contributed by atoms with Crippen LogP contribution in [-0.4, -0.2) is 34.4 Å². The smallest absolute Gasteiger partial charge is 0.305 e. The number of carboxylic acids is 1. The zero-order valence-electron chi connectivity index (χ0n) is 8.21. The van der Waals surface area contributed by atoms with E-state index in [1.807, 2.05) is 6.92 Å². The summed E-state index contributed by atoms with van der Waals surface area (Å²) in [6.07, 6.45) is 1.67. The maximum Gasteiger partial charge on any atom is 0.305 e. The fraction of sp³-hybridized carbons (Fsp3) is 0.444. The predicted octanol–water partition coefficient (Wildman–Crippen LogP) is 0.776. The van der Waals surface area contributed by atoms with E-state index in [4.69, 9.17) is 5.11 Å². The molecule has 0 aliphatic carbocycles. The van der Waals surface area contributed by atoms with Crippen molar-refractivity contribution in [3.63, 3.8) is 0 Å². The van der Waals surface area contributed by atoms with Gasteiger partial charge in [0.1, 0.15) is 0 Å². The quantitative estimate of drug-likeness (QED) is 0.768. The van der Waals surface area contributed by atoms with Gasteiger partial charge in [-0.15, -0.1) is 5.10 Å². The Labute approximate surface area is 82.4 Å². The Morgan fingerprint density at radius 3 is 2.93 bits per heavy atom. The summed E-state index contributed by atoms with van der Waals surface area (Å²) < 4.78 is 0. The van der Waals surface area contributed by atoms with E-state index in [0.29, 0.717) is 5.82 Å². The van der Waals surface area contributed by atoms with Crippen LogP contribution >= 0.6 is 0 Å². The van der Waals surface area contributed by atoms with Crippen LogP contribution in [-0.2, 0) is 4.79 Å². The largest absolute Gasteiger partial charge is 0.481 e. The third kappa shape index (κ3) is 2.69. The van der Waals surface area contributed by atoms with Gasteiger partial charge < -0.3 is 10.0 Å². The van der Waals surface area contributed by atoms with Crippen molar-refractivity contribution in [3.8, 4) is 0 Å². The normalized spacial score (nSPS) is 12.1. The molecule has 1 aromatic rings. The maximum atomic E-state index is 10.5. The van der Waals surface area contributed by atoms with Crippen LogP contribution < -0.4 is 4.90 Å². The zero-order valence-corrected chi connectivity index (χ0v) is 8.21. The Balaban J connectivity index is 2.65. The van der Waals surface area contributed by atoms with Crippen LogP contribution in [0.1, 0.15) is 13.3 Å². The first kappa shape index (κ1) is 10.4. The molecule has 14 heavy (non-hydrogen) atoms. The van der Waals surface area contributed by atoms with Crippen molar-refractivity contribution in [1.29, 1.82) is 0 Å². The molecule has 0 fully saturated rings. The fourth-order valence-electron chi connectivity index (χ4n) is 1.10. The highest BCUT2D eigenvalue weighted by Gasteiger charge is 2.14. The number of anilines is 1. The summed E-state index contributed by atoms with van der Waals surface area (Å²) in [5.41, 5.74) is 0. The van der Waals surface area contributed by atoms with Gasteiger partial charge in [0, 0.05) is 19.3 Å². The van der Waals surface area contributed by atoms with Crippen molar-refractivity contribution in [2.45, 2.75) is 19.4 Å². The molecule has 1 aromatic heterocycles. The third-order valence-electron chi connectivity index (χ3n) is 2.05. The number of hydrogen-bond acceptors (Lipinski definition) is 4. The SMILES string of the molecule is CC(CC(=O)O)N(C)c1cccnn1. The lowest BCUT2D eigenvalue weighted by Crippen LogP contribution is -2.31. The molecule has 1 unspecified atom stereocenters. The van der Waals surface area contributed by atoms with Gasteiger partial charge in [-0.2, -0.15) is 5.10 Å². The minimum absolute atomic E-state index is 0.0904. The van der Waals surface area contributed by atoms with Gasteiger partial charge in [-0.3, -0.25) is 4.79 Å². The third-order valence-corrected chi connectivity index (χ3v) is 2.05. The van der Waals surface area contributed by atoms with Gasteiger partial charge in [0.2, 0.25) is 0 Å². The van der Waals surface area contributed by atoms with Gasteiger partial charge in [-0.05, 0) is 19.1 Å². The van der Waals surface area contributed by atoms with Crippen LogP contribution in [0.4, 0.5) is 5.82 Å². The molecular weight excluding hydrogens is 182 g/mol. The van der Waals surface area contributed by atoms with Gasteiger partial charge in [0.05, 0.1) is 6.42 Å². The van der Waals surface area contributed by atoms with Crippen LogP contribution in [0.3, 0.4) is 0 Å². The monoisotopic (exact) mass is 195 g/mol. The lowest BCUT2D eigenvalue weighted by Gasteiger charge is -2.23. The molecule has 0 aromatic carbocycles. The second kappa shape index (κ2) is 4.55. The van der Waals surface area contributed by atoms with Gasteiger partial charge >= 0.3 is 5.97 Å². The summed E-state index contributed by atoms with van der Waals surface area (Å²) in [5.74, 6) is -0.130. The van der Waals surface area contributed by atoms with Crippen molar-refractivity contribution in [1.82, 2.24) is 10.2 Å². The minimum Gasteiger partial charge on any atom is -0.481 e. The molecular formula is C9H13N3O2. The number of hydrogen-bond donors (Lipinski definition) is 1. The minimum atomic E-state index is -0.812. The molecule has 1 rings (SSSR count). The highest BCUT2D eigenvalue weighted by atomic mass is 16.4. The van der Waals surface area contributed by atoms with Crippen molar-refractivity contribution in [3.05, 3.63) is 18.3 Å². The topological polar surface area (TPSA) is 66.3 Å². The Kier molecular flexibility index (Phi) is 3.39. The number of carbonyl (C=O) groups is 1. The molecule has 0 bridgehead atoms. The summed E-state index contributed by atoms with van der Waals surface area (Å²) in [5, 5.41) is 16.2. The first-order valence-electron chi connectivity index (χ1n) is 4.33. The van der Waals surface area contributed by atoms with E-state index in [0.717, 1.165) is 0 Å². The summed E-state index contributed by atoms with van der Waals surface area (Å²) in [6, 6.07) is 3.47. The molecule has 5 nitrogen and oxygen atoms in total. The van der Waals surface area contributed by atoms with Crippen molar-refractivity contribution in [2.24, 2.45) is 0 Å². The average molecular weight is 195 g/mol. The lowest BCUT2D eigenvalue weighted by molar-refractivity contribution is -0.137.